The van der Waals surface area contributed by atoms with Gasteiger partial charge in [-0.3, -0.25) is 9.69 Å². The Balaban J connectivity index is 1.66. The van der Waals surface area contributed by atoms with Gasteiger partial charge in [-0.15, -0.1) is 0 Å². The van der Waals surface area contributed by atoms with Crippen LogP contribution >= 0.6 is 0 Å². The molecule has 2 saturated heterocycles. The maximum absolute atomic E-state index is 11.6. The molecule has 2 rings (SSSR count). The number of methoxy groups -OCH3 is 1. The molecule has 0 saturated carbocycles. The molecule has 5 nitrogen and oxygen atoms in total. The Morgan fingerprint density at radius 1 is 1.38 bits per heavy atom. The van der Waals surface area contributed by atoms with Gasteiger partial charge in [0.05, 0.1) is 13.0 Å². The van der Waals surface area contributed by atoms with Crippen LogP contribution in [0.25, 0.3) is 0 Å². The van der Waals surface area contributed by atoms with Crippen LogP contribution in [-0.2, 0) is 9.53 Å². The highest BCUT2D eigenvalue weighted by molar-refractivity contribution is 5.77. The SMILES string of the molecule is COCCC(=O)N1CC(N2CCNCC2)C1. The zero-order valence-corrected chi connectivity index (χ0v) is 9.95. The third-order valence-electron chi connectivity index (χ3n) is 3.40. The summed E-state index contributed by atoms with van der Waals surface area (Å²) in [6.07, 6.45) is 0.519. The van der Waals surface area contributed by atoms with Gasteiger partial charge in [-0.1, -0.05) is 0 Å². The van der Waals surface area contributed by atoms with Gasteiger partial charge in [-0.2, -0.15) is 0 Å². The van der Waals surface area contributed by atoms with Crippen molar-refractivity contribution >= 4 is 5.91 Å². The Kier molecular flexibility index (Phi) is 4.15. The van der Waals surface area contributed by atoms with Crippen molar-refractivity contribution in [1.29, 1.82) is 0 Å². The van der Waals surface area contributed by atoms with Crippen molar-refractivity contribution in [2.24, 2.45) is 0 Å². The highest BCUT2D eigenvalue weighted by Gasteiger charge is 2.34. The van der Waals surface area contributed by atoms with Gasteiger partial charge < -0.3 is 15.0 Å². The van der Waals surface area contributed by atoms with Gasteiger partial charge in [0.15, 0.2) is 0 Å². The number of carbonyl (C=O) groups is 1. The summed E-state index contributed by atoms with van der Waals surface area (Å²) < 4.78 is 4.91. The maximum atomic E-state index is 11.6. The fraction of sp³-hybridized carbons (Fsp3) is 0.909. The molecular weight excluding hydrogens is 206 g/mol. The molecule has 0 spiro atoms. The standard InChI is InChI=1S/C11H21N3O2/c1-16-7-2-11(15)14-8-10(9-14)13-5-3-12-4-6-13/h10,12H,2-9H2,1H3. The summed E-state index contributed by atoms with van der Waals surface area (Å²) in [7, 11) is 1.63. The Morgan fingerprint density at radius 2 is 2.06 bits per heavy atom. The summed E-state index contributed by atoms with van der Waals surface area (Å²) in [6.45, 7) is 6.73. The van der Waals surface area contributed by atoms with Crippen LogP contribution < -0.4 is 5.32 Å². The lowest BCUT2D eigenvalue weighted by molar-refractivity contribution is -0.139. The molecule has 5 heteroatoms. The minimum atomic E-state index is 0.230. The zero-order chi connectivity index (χ0) is 11.4. The zero-order valence-electron chi connectivity index (χ0n) is 9.95. The predicted octanol–water partition coefficient (Wildman–Crippen LogP) is -0.861. The molecule has 0 atom stereocenters. The van der Waals surface area contributed by atoms with E-state index in [1.54, 1.807) is 7.11 Å². The fourth-order valence-electron chi connectivity index (χ4n) is 2.28. The van der Waals surface area contributed by atoms with Crippen molar-refractivity contribution in [3.63, 3.8) is 0 Å². The van der Waals surface area contributed by atoms with Crippen LogP contribution in [0.15, 0.2) is 0 Å². The van der Waals surface area contributed by atoms with Crippen molar-refractivity contribution < 1.29 is 9.53 Å². The van der Waals surface area contributed by atoms with E-state index in [4.69, 9.17) is 4.74 Å². The molecule has 16 heavy (non-hydrogen) atoms. The van der Waals surface area contributed by atoms with Gasteiger partial charge in [-0.25, -0.2) is 0 Å². The summed E-state index contributed by atoms with van der Waals surface area (Å²) in [4.78, 5) is 16.0. The average Bonchev–Trinajstić information content (AvgIpc) is 2.26. The predicted molar refractivity (Wildman–Crippen MR) is 61.3 cm³/mol. The van der Waals surface area contributed by atoms with E-state index in [0.717, 1.165) is 39.3 Å². The number of hydrogen-bond donors (Lipinski definition) is 1. The molecule has 0 aliphatic carbocycles. The summed E-state index contributed by atoms with van der Waals surface area (Å²) >= 11 is 0. The normalized spacial score (nSPS) is 23.2. The van der Waals surface area contributed by atoms with Crippen molar-refractivity contribution in [3.8, 4) is 0 Å². The van der Waals surface area contributed by atoms with Crippen LogP contribution in [0.3, 0.4) is 0 Å². The van der Waals surface area contributed by atoms with E-state index in [2.05, 4.69) is 10.2 Å². The summed E-state index contributed by atoms with van der Waals surface area (Å²) in [5.41, 5.74) is 0. The second-order valence-electron chi connectivity index (χ2n) is 4.48. The first kappa shape index (κ1) is 11.8. The average molecular weight is 227 g/mol. The second kappa shape index (κ2) is 5.61. The lowest BCUT2D eigenvalue weighted by Crippen LogP contribution is -2.63. The highest BCUT2D eigenvalue weighted by atomic mass is 16.5. The van der Waals surface area contributed by atoms with Crippen LogP contribution in [0.1, 0.15) is 6.42 Å². The quantitative estimate of drug-likeness (QED) is 0.679. The van der Waals surface area contributed by atoms with E-state index in [0.29, 0.717) is 19.1 Å². The second-order valence-corrected chi connectivity index (χ2v) is 4.48. The Hall–Kier alpha value is -0.650. The van der Waals surface area contributed by atoms with Gasteiger partial charge in [-0.05, 0) is 0 Å². The molecule has 2 fully saturated rings. The molecule has 0 aromatic carbocycles. The molecular formula is C11H21N3O2. The lowest BCUT2D eigenvalue weighted by atomic mass is 10.1. The first-order valence-corrected chi connectivity index (χ1v) is 6.02. The number of rotatable bonds is 4. The van der Waals surface area contributed by atoms with Gasteiger partial charge in [0.1, 0.15) is 0 Å². The number of piperazine rings is 1. The molecule has 0 unspecified atom stereocenters. The number of hydrogen-bond acceptors (Lipinski definition) is 4. The van der Waals surface area contributed by atoms with Gasteiger partial charge >= 0.3 is 0 Å². The molecule has 1 N–H and O–H groups in total. The summed E-state index contributed by atoms with van der Waals surface area (Å²) in [5.74, 6) is 0.230. The van der Waals surface area contributed by atoms with E-state index in [1.807, 2.05) is 4.90 Å². The molecule has 0 radical (unpaired) electrons. The molecule has 0 bridgehead atoms. The number of ether oxygens (including phenoxy) is 1. The van der Waals surface area contributed by atoms with Crippen LogP contribution in [0.2, 0.25) is 0 Å². The van der Waals surface area contributed by atoms with Gasteiger partial charge in [0.25, 0.3) is 0 Å². The van der Waals surface area contributed by atoms with E-state index in [-0.39, 0.29) is 5.91 Å². The smallest absolute Gasteiger partial charge is 0.224 e. The Morgan fingerprint density at radius 3 is 2.69 bits per heavy atom. The van der Waals surface area contributed by atoms with Gasteiger partial charge in [0, 0.05) is 52.4 Å². The molecule has 0 aromatic heterocycles. The highest BCUT2D eigenvalue weighted by Crippen LogP contribution is 2.16. The molecule has 1 amide bonds. The summed E-state index contributed by atoms with van der Waals surface area (Å²) in [5, 5.41) is 3.34. The van der Waals surface area contributed by atoms with E-state index in [1.165, 1.54) is 0 Å². The first-order chi connectivity index (χ1) is 7.81. The Labute approximate surface area is 96.7 Å². The number of carbonyl (C=O) groups excluding carboxylic acids is 1. The molecule has 0 aromatic rings. The monoisotopic (exact) mass is 227 g/mol. The number of amides is 1. The van der Waals surface area contributed by atoms with E-state index in [9.17, 15) is 4.79 Å². The molecule has 2 aliphatic rings. The first-order valence-electron chi connectivity index (χ1n) is 6.02. The summed E-state index contributed by atoms with van der Waals surface area (Å²) in [6, 6.07) is 0.591. The van der Waals surface area contributed by atoms with Gasteiger partial charge in [0.2, 0.25) is 5.91 Å². The number of nitrogens with one attached hydrogen (secondary N) is 1. The topological polar surface area (TPSA) is 44.8 Å². The van der Waals surface area contributed by atoms with E-state index < -0.39 is 0 Å². The number of nitrogens with zero attached hydrogens (tertiary/aromatic N) is 2. The van der Waals surface area contributed by atoms with Crippen molar-refractivity contribution in [3.05, 3.63) is 0 Å². The Bertz CT molecular complexity index is 235. The van der Waals surface area contributed by atoms with Crippen LogP contribution in [0.4, 0.5) is 0 Å². The third kappa shape index (κ3) is 2.72. The molecule has 92 valence electrons. The minimum Gasteiger partial charge on any atom is -0.384 e. The van der Waals surface area contributed by atoms with Crippen LogP contribution in [0.5, 0.6) is 0 Å². The van der Waals surface area contributed by atoms with E-state index >= 15 is 0 Å². The van der Waals surface area contributed by atoms with Crippen LogP contribution in [-0.4, -0.2) is 74.7 Å². The van der Waals surface area contributed by atoms with Crippen molar-refractivity contribution in [2.75, 3.05) is 53.0 Å². The minimum absolute atomic E-state index is 0.230. The largest absolute Gasteiger partial charge is 0.384 e. The number of likely N-dealkylation sites (tertiary alicyclic amines) is 1. The lowest BCUT2D eigenvalue weighted by Gasteiger charge is -2.46. The third-order valence-corrected chi connectivity index (χ3v) is 3.40. The van der Waals surface area contributed by atoms with Crippen molar-refractivity contribution in [2.45, 2.75) is 12.5 Å². The fourth-order valence-corrected chi connectivity index (χ4v) is 2.28. The van der Waals surface area contributed by atoms with Crippen LogP contribution in [0, 0.1) is 0 Å². The molecule has 2 heterocycles. The molecule has 2 aliphatic heterocycles. The maximum Gasteiger partial charge on any atom is 0.224 e. The van der Waals surface area contributed by atoms with Crippen molar-refractivity contribution in [1.82, 2.24) is 15.1 Å².